The minimum atomic E-state index is -3.45. The van der Waals surface area contributed by atoms with Gasteiger partial charge in [-0.3, -0.25) is 4.79 Å². The molecule has 1 aliphatic rings. The van der Waals surface area contributed by atoms with E-state index in [9.17, 15) is 13.2 Å². The van der Waals surface area contributed by atoms with Crippen LogP contribution in [0.2, 0.25) is 0 Å². The summed E-state index contributed by atoms with van der Waals surface area (Å²) >= 11 is 0. The fraction of sp³-hybridized carbons (Fsp3) is 0.458. The summed E-state index contributed by atoms with van der Waals surface area (Å²) in [5, 5.41) is 3.00. The molecular weight excluding hydrogens is 410 g/mol. The number of aryl methyl sites for hydroxylation is 2. The molecule has 0 aromatic heterocycles. The van der Waals surface area contributed by atoms with Crippen LogP contribution >= 0.6 is 0 Å². The van der Waals surface area contributed by atoms with Gasteiger partial charge in [0.15, 0.2) is 0 Å². The van der Waals surface area contributed by atoms with Crippen LogP contribution in [0.5, 0.6) is 0 Å². The van der Waals surface area contributed by atoms with E-state index < -0.39 is 10.0 Å². The Bertz CT molecular complexity index is 993. The van der Waals surface area contributed by atoms with Crippen molar-refractivity contribution in [3.63, 3.8) is 0 Å². The second-order valence-electron chi connectivity index (χ2n) is 7.97. The smallest absolute Gasteiger partial charge is 0.243 e. The van der Waals surface area contributed by atoms with Gasteiger partial charge < -0.3 is 10.2 Å². The molecule has 0 radical (unpaired) electrons. The lowest BCUT2D eigenvalue weighted by atomic mass is 10.1. The lowest BCUT2D eigenvalue weighted by Crippen LogP contribution is -2.30. The number of nitrogens with one attached hydrogen (secondary N) is 1. The van der Waals surface area contributed by atoms with Crippen LogP contribution in [0.1, 0.15) is 44.2 Å². The first-order valence-corrected chi connectivity index (χ1v) is 12.5. The number of carbonyl (C=O) groups excluding carboxylic acids is 1. The van der Waals surface area contributed by atoms with Gasteiger partial charge in [-0.1, -0.05) is 26.0 Å². The SMILES string of the molecule is CCN(CC)S(=O)(=O)c1ccc(CCC(=O)Nc2ccc(N3CCCC3)cc2C)cc1. The van der Waals surface area contributed by atoms with E-state index in [1.165, 1.54) is 22.8 Å². The Hall–Kier alpha value is -2.38. The molecule has 0 bridgehead atoms. The van der Waals surface area contributed by atoms with Crippen LogP contribution in [-0.2, 0) is 21.2 Å². The van der Waals surface area contributed by atoms with Gasteiger partial charge in [0.25, 0.3) is 0 Å². The van der Waals surface area contributed by atoms with Gasteiger partial charge >= 0.3 is 0 Å². The summed E-state index contributed by atoms with van der Waals surface area (Å²) in [5.41, 5.74) is 4.06. The number of nitrogens with zero attached hydrogens (tertiary/aromatic N) is 2. The molecule has 1 N–H and O–H groups in total. The van der Waals surface area contributed by atoms with Gasteiger partial charge in [0.1, 0.15) is 0 Å². The van der Waals surface area contributed by atoms with Crippen LogP contribution < -0.4 is 10.2 Å². The van der Waals surface area contributed by atoms with Gasteiger partial charge in [0, 0.05) is 44.0 Å². The summed E-state index contributed by atoms with van der Waals surface area (Å²) in [6, 6.07) is 13.0. The van der Waals surface area contributed by atoms with Gasteiger partial charge in [-0.2, -0.15) is 4.31 Å². The highest BCUT2D eigenvalue weighted by atomic mass is 32.2. The highest BCUT2D eigenvalue weighted by molar-refractivity contribution is 7.89. The molecular formula is C24H33N3O3S. The molecule has 1 amide bonds. The molecule has 1 heterocycles. The van der Waals surface area contributed by atoms with E-state index >= 15 is 0 Å². The molecule has 7 heteroatoms. The summed E-state index contributed by atoms with van der Waals surface area (Å²) < 4.78 is 26.6. The van der Waals surface area contributed by atoms with Crippen molar-refractivity contribution < 1.29 is 13.2 Å². The predicted molar refractivity (Wildman–Crippen MR) is 126 cm³/mol. The molecule has 168 valence electrons. The summed E-state index contributed by atoms with van der Waals surface area (Å²) in [7, 11) is -3.45. The van der Waals surface area contributed by atoms with Gasteiger partial charge in [-0.25, -0.2) is 8.42 Å². The quantitative estimate of drug-likeness (QED) is 0.631. The Kier molecular flexibility index (Phi) is 7.73. The van der Waals surface area contributed by atoms with Crippen molar-refractivity contribution in [2.24, 2.45) is 0 Å². The van der Waals surface area contributed by atoms with E-state index in [1.807, 2.05) is 26.8 Å². The van der Waals surface area contributed by atoms with Crippen molar-refractivity contribution in [2.45, 2.75) is 51.3 Å². The minimum absolute atomic E-state index is 0.0446. The van der Waals surface area contributed by atoms with Gasteiger partial charge in [-0.15, -0.1) is 0 Å². The molecule has 31 heavy (non-hydrogen) atoms. The lowest BCUT2D eigenvalue weighted by molar-refractivity contribution is -0.116. The zero-order valence-electron chi connectivity index (χ0n) is 18.7. The lowest BCUT2D eigenvalue weighted by Gasteiger charge is -2.19. The van der Waals surface area contributed by atoms with Crippen LogP contribution in [0.4, 0.5) is 11.4 Å². The number of hydrogen-bond donors (Lipinski definition) is 1. The molecule has 6 nitrogen and oxygen atoms in total. The standard InChI is InChI=1S/C24H33N3O3S/c1-4-27(5-2)31(29,30)22-12-8-20(9-13-22)10-15-24(28)25-23-14-11-21(18-19(23)3)26-16-6-7-17-26/h8-9,11-14,18H,4-7,10,15-17H2,1-3H3,(H,25,28). The van der Waals surface area contributed by atoms with Crippen LogP contribution in [0.15, 0.2) is 47.4 Å². The monoisotopic (exact) mass is 443 g/mol. The molecule has 0 saturated carbocycles. The number of benzene rings is 2. The molecule has 0 unspecified atom stereocenters. The number of hydrogen-bond acceptors (Lipinski definition) is 4. The van der Waals surface area contributed by atoms with E-state index in [0.717, 1.165) is 29.9 Å². The molecule has 0 atom stereocenters. The predicted octanol–water partition coefficient (Wildman–Crippen LogP) is 4.20. The first-order chi connectivity index (χ1) is 14.8. The molecule has 0 aliphatic carbocycles. The first-order valence-electron chi connectivity index (χ1n) is 11.1. The maximum atomic E-state index is 12.6. The fourth-order valence-corrected chi connectivity index (χ4v) is 5.43. The molecule has 1 aliphatic heterocycles. The van der Waals surface area contributed by atoms with Crippen LogP contribution in [0.3, 0.4) is 0 Å². The number of amides is 1. The van der Waals surface area contributed by atoms with Crippen LogP contribution in [0, 0.1) is 6.92 Å². The minimum Gasteiger partial charge on any atom is -0.372 e. The zero-order valence-corrected chi connectivity index (χ0v) is 19.5. The van der Waals surface area contributed by atoms with Gasteiger partial charge in [0.05, 0.1) is 4.90 Å². The second-order valence-corrected chi connectivity index (χ2v) is 9.91. The highest BCUT2D eigenvalue weighted by Gasteiger charge is 2.21. The Morgan fingerprint density at radius 2 is 1.68 bits per heavy atom. The number of rotatable bonds is 9. The van der Waals surface area contributed by atoms with E-state index in [2.05, 4.69) is 22.3 Å². The zero-order chi connectivity index (χ0) is 22.4. The maximum Gasteiger partial charge on any atom is 0.243 e. The van der Waals surface area contributed by atoms with Crippen LogP contribution in [0.25, 0.3) is 0 Å². The average molecular weight is 444 g/mol. The third-order valence-corrected chi connectivity index (χ3v) is 7.93. The largest absolute Gasteiger partial charge is 0.372 e. The van der Waals surface area contributed by atoms with E-state index in [-0.39, 0.29) is 10.8 Å². The van der Waals surface area contributed by atoms with Crippen LogP contribution in [-0.4, -0.2) is 44.8 Å². The summed E-state index contributed by atoms with van der Waals surface area (Å²) in [6.07, 6.45) is 3.37. The van der Waals surface area contributed by atoms with Crippen molar-refractivity contribution in [2.75, 3.05) is 36.4 Å². The van der Waals surface area contributed by atoms with Gasteiger partial charge in [-0.05, 0) is 67.6 Å². The fourth-order valence-electron chi connectivity index (χ4n) is 3.97. The van der Waals surface area contributed by atoms with Crippen molar-refractivity contribution in [3.05, 3.63) is 53.6 Å². The Balaban J connectivity index is 1.56. The number of sulfonamides is 1. The third kappa shape index (κ3) is 5.66. The molecule has 1 fully saturated rings. The maximum absolute atomic E-state index is 12.6. The molecule has 1 saturated heterocycles. The van der Waals surface area contributed by atoms with Crippen molar-refractivity contribution >= 4 is 27.3 Å². The Morgan fingerprint density at radius 1 is 1.03 bits per heavy atom. The summed E-state index contributed by atoms with van der Waals surface area (Å²) in [5.74, 6) is -0.0446. The van der Waals surface area contributed by atoms with Crippen molar-refractivity contribution in [1.82, 2.24) is 4.31 Å². The molecule has 0 spiro atoms. The van der Waals surface area contributed by atoms with Gasteiger partial charge in [0.2, 0.25) is 15.9 Å². The molecule has 3 rings (SSSR count). The molecule has 2 aromatic rings. The summed E-state index contributed by atoms with van der Waals surface area (Å²) in [4.78, 5) is 15.1. The topological polar surface area (TPSA) is 69.7 Å². The van der Waals surface area contributed by atoms with E-state index in [0.29, 0.717) is 25.9 Å². The van der Waals surface area contributed by atoms with E-state index in [4.69, 9.17) is 0 Å². The van der Waals surface area contributed by atoms with Crippen molar-refractivity contribution in [3.8, 4) is 0 Å². The van der Waals surface area contributed by atoms with Crippen molar-refractivity contribution in [1.29, 1.82) is 0 Å². The normalized spacial score (nSPS) is 14.3. The first kappa shape index (κ1) is 23.3. The number of anilines is 2. The molecule has 2 aromatic carbocycles. The third-order valence-electron chi connectivity index (χ3n) is 5.86. The Labute approximate surface area is 186 Å². The van der Waals surface area contributed by atoms with E-state index in [1.54, 1.807) is 24.3 Å². The average Bonchev–Trinajstić information content (AvgIpc) is 3.30. The second kappa shape index (κ2) is 10.3. The summed E-state index contributed by atoms with van der Waals surface area (Å²) in [6.45, 7) is 8.76. The highest BCUT2D eigenvalue weighted by Crippen LogP contribution is 2.25. The Morgan fingerprint density at radius 3 is 2.26 bits per heavy atom. The number of carbonyl (C=O) groups is 1.